The van der Waals surface area contributed by atoms with E-state index in [2.05, 4.69) is 64.1 Å². The number of nitrogens with one attached hydrogen (secondary N) is 1. The molecule has 1 rings (SSSR count). The van der Waals surface area contributed by atoms with Crippen molar-refractivity contribution < 1.29 is 4.74 Å². The number of nitrogens with zero attached hydrogens (tertiary/aromatic N) is 3. The smallest absolute Gasteiger partial charge is 0.0883 e. The highest BCUT2D eigenvalue weighted by atomic mass is 16.5. The molecule has 0 fully saturated rings. The van der Waals surface area contributed by atoms with E-state index in [9.17, 15) is 0 Å². The van der Waals surface area contributed by atoms with Crippen molar-refractivity contribution in [1.29, 1.82) is 0 Å². The minimum atomic E-state index is -0.259. The number of rotatable bonds is 9. The van der Waals surface area contributed by atoms with Crippen LogP contribution in [-0.2, 0) is 16.7 Å². The van der Waals surface area contributed by atoms with Crippen molar-refractivity contribution in [3.05, 3.63) is 11.9 Å². The van der Waals surface area contributed by atoms with E-state index in [1.807, 2.05) is 17.9 Å². The van der Waals surface area contributed by atoms with E-state index in [-0.39, 0.29) is 16.6 Å². The zero-order valence-corrected chi connectivity index (χ0v) is 15.7. The molecule has 0 saturated carbocycles. The summed E-state index contributed by atoms with van der Waals surface area (Å²) in [7, 11) is 1.98. The highest BCUT2D eigenvalue weighted by Gasteiger charge is 2.25. The quantitative estimate of drug-likeness (QED) is 0.761. The Morgan fingerprint density at radius 1 is 1.18 bits per heavy atom. The molecule has 0 spiro atoms. The van der Waals surface area contributed by atoms with Crippen LogP contribution < -0.4 is 5.32 Å². The molecule has 5 heteroatoms. The monoisotopic (exact) mass is 310 g/mol. The van der Waals surface area contributed by atoms with E-state index in [1.54, 1.807) is 0 Å². The fourth-order valence-corrected chi connectivity index (χ4v) is 2.01. The number of hydrogen-bond acceptors (Lipinski definition) is 4. The van der Waals surface area contributed by atoms with Crippen molar-refractivity contribution in [3.63, 3.8) is 0 Å². The van der Waals surface area contributed by atoms with Gasteiger partial charge in [0.15, 0.2) is 0 Å². The second kappa shape index (κ2) is 7.09. The summed E-state index contributed by atoms with van der Waals surface area (Å²) in [4.78, 5) is 0. The molecule has 1 N–H and O–H groups in total. The molecule has 0 aliphatic rings. The highest BCUT2D eigenvalue weighted by molar-refractivity contribution is 5.08. The van der Waals surface area contributed by atoms with E-state index in [0.29, 0.717) is 6.54 Å². The minimum Gasteiger partial charge on any atom is -0.374 e. The van der Waals surface area contributed by atoms with Gasteiger partial charge in [0.1, 0.15) is 0 Å². The molecular formula is C17H34N4O. The average Bonchev–Trinajstić information content (AvgIpc) is 2.86. The van der Waals surface area contributed by atoms with Crippen molar-refractivity contribution in [2.45, 2.75) is 84.4 Å². The topological polar surface area (TPSA) is 52.0 Å². The van der Waals surface area contributed by atoms with Gasteiger partial charge in [0.05, 0.1) is 17.8 Å². The van der Waals surface area contributed by atoms with Crippen molar-refractivity contribution in [2.24, 2.45) is 0 Å². The van der Waals surface area contributed by atoms with Crippen LogP contribution in [0.25, 0.3) is 0 Å². The van der Waals surface area contributed by atoms with Crippen LogP contribution in [0.1, 0.15) is 67.0 Å². The zero-order chi connectivity index (χ0) is 17.0. The SMILES string of the molecule is CCC(C)(C)c1cn(CC(C)(C)OCCC(C)(C)NC)nn1. The van der Waals surface area contributed by atoms with Crippen LogP contribution in [0.5, 0.6) is 0 Å². The molecule has 0 amide bonds. The molecule has 0 saturated heterocycles. The number of aromatic nitrogens is 3. The van der Waals surface area contributed by atoms with Crippen molar-refractivity contribution >= 4 is 0 Å². The maximum atomic E-state index is 6.06. The molecule has 1 heterocycles. The summed E-state index contributed by atoms with van der Waals surface area (Å²) in [5.74, 6) is 0. The Hall–Kier alpha value is -0.940. The van der Waals surface area contributed by atoms with Gasteiger partial charge < -0.3 is 10.1 Å². The van der Waals surface area contributed by atoms with Gasteiger partial charge >= 0.3 is 0 Å². The molecule has 0 radical (unpaired) electrons. The van der Waals surface area contributed by atoms with Gasteiger partial charge in [0, 0.05) is 23.8 Å². The number of hydrogen-bond donors (Lipinski definition) is 1. The fraction of sp³-hybridized carbons (Fsp3) is 0.882. The van der Waals surface area contributed by atoms with Gasteiger partial charge in [-0.3, -0.25) is 0 Å². The molecule has 0 aliphatic heterocycles. The number of ether oxygens (including phenoxy) is 1. The third-order valence-corrected chi connectivity index (χ3v) is 4.56. The Balaban J connectivity index is 2.58. The van der Waals surface area contributed by atoms with Crippen LogP contribution >= 0.6 is 0 Å². The van der Waals surface area contributed by atoms with Gasteiger partial charge in [0.25, 0.3) is 0 Å². The van der Waals surface area contributed by atoms with E-state index in [4.69, 9.17) is 4.74 Å². The fourth-order valence-electron chi connectivity index (χ4n) is 2.01. The molecule has 1 aromatic heterocycles. The van der Waals surface area contributed by atoms with E-state index in [0.717, 1.165) is 25.1 Å². The first-order valence-corrected chi connectivity index (χ1v) is 8.25. The highest BCUT2D eigenvalue weighted by Crippen LogP contribution is 2.24. The molecule has 0 atom stereocenters. The summed E-state index contributed by atoms with van der Waals surface area (Å²) in [6.07, 6.45) is 4.06. The summed E-state index contributed by atoms with van der Waals surface area (Å²) < 4.78 is 7.96. The van der Waals surface area contributed by atoms with Gasteiger partial charge in [-0.05, 0) is 47.6 Å². The maximum absolute atomic E-state index is 6.06. The summed E-state index contributed by atoms with van der Waals surface area (Å²) in [5, 5.41) is 11.9. The lowest BCUT2D eigenvalue weighted by molar-refractivity contribution is -0.0385. The van der Waals surface area contributed by atoms with Gasteiger partial charge in [-0.2, -0.15) is 0 Å². The van der Waals surface area contributed by atoms with Gasteiger partial charge in [0.2, 0.25) is 0 Å². The Morgan fingerprint density at radius 3 is 2.36 bits per heavy atom. The summed E-state index contributed by atoms with van der Waals surface area (Å²) >= 11 is 0. The van der Waals surface area contributed by atoms with E-state index >= 15 is 0 Å². The molecule has 0 aromatic carbocycles. The molecule has 0 bridgehead atoms. The molecule has 0 aliphatic carbocycles. The zero-order valence-electron chi connectivity index (χ0n) is 15.7. The van der Waals surface area contributed by atoms with Crippen LogP contribution in [0, 0.1) is 0 Å². The first-order valence-electron chi connectivity index (χ1n) is 8.25. The maximum Gasteiger partial charge on any atom is 0.0883 e. The van der Waals surface area contributed by atoms with Crippen LogP contribution in [0.15, 0.2) is 6.20 Å². The Bertz CT molecular complexity index is 463. The van der Waals surface area contributed by atoms with Crippen molar-refractivity contribution in [1.82, 2.24) is 20.3 Å². The Kier molecular flexibility index (Phi) is 6.16. The summed E-state index contributed by atoms with van der Waals surface area (Å²) in [6.45, 7) is 16.6. The molecular weight excluding hydrogens is 276 g/mol. The summed E-state index contributed by atoms with van der Waals surface area (Å²) in [5.41, 5.74) is 0.953. The lowest BCUT2D eigenvalue weighted by atomic mass is 9.87. The predicted octanol–water partition coefficient (Wildman–Crippen LogP) is 3.15. The van der Waals surface area contributed by atoms with E-state index < -0.39 is 0 Å². The van der Waals surface area contributed by atoms with Crippen LogP contribution in [0.3, 0.4) is 0 Å². The van der Waals surface area contributed by atoms with Crippen molar-refractivity contribution in [2.75, 3.05) is 13.7 Å². The van der Waals surface area contributed by atoms with Crippen LogP contribution in [0.4, 0.5) is 0 Å². The predicted molar refractivity (Wildman–Crippen MR) is 91.1 cm³/mol. The summed E-state index contributed by atoms with van der Waals surface area (Å²) in [6, 6.07) is 0. The Labute approximate surface area is 135 Å². The van der Waals surface area contributed by atoms with Gasteiger partial charge in [-0.25, -0.2) is 4.68 Å². The largest absolute Gasteiger partial charge is 0.374 e. The normalized spacial score (nSPS) is 13.6. The first kappa shape index (κ1) is 19.1. The lowest BCUT2D eigenvalue weighted by Gasteiger charge is -2.29. The molecule has 0 unspecified atom stereocenters. The lowest BCUT2D eigenvalue weighted by Crippen LogP contribution is -2.39. The molecule has 22 heavy (non-hydrogen) atoms. The average molecular weight is 310 g/mol. The van der Waals surface area contributed by atoms with Crippen molar-refractivity contribution in [3.8, 4) is 0 Å². The van der Waals surface area contributed by atoms with Gasteiger partial charge in [-0.15, -0.1) is 5.10 Å². The third kappa shape index (κ3) is 5.69. The standard InChI is InChI=1S/C17H34N4O/c1-9-15(2,3)14-12-21(20-19-14)13-17(6,7)22-11-10-16(4,5)18-8/h12,18H,9-11,13H2,1-8H3. The van der Waals surface area contributed by atoms with Gasteiger partial charge in [-0.1, -0.05) is 26.0 Å². The Morgan fingerprint density at radius 2 is 1.82 bits per heavy atom. The van der Waals surface area contributed by atoms with E-state index in [1.165, 1.54) is 0 Å². The third-order valence-electron chi connectivity index (χ3n) is 4.56. The van der Waals surface area contributed by atoms with Crippen LogP contribution in [-0.4, -0.2) is 39.8 Å². The first-order chi connectivity index (χ1) is 10.0. The second-order valence-corrected chi connectivity index (χ2v) is 8.03. The molecule has 128 valence electrons. The second-order valence-electron chi connectivity index (χ2n) is 8.03. The molecule has 5 nitrogen and oxygen atoms in total. The molecule has 1 aromatic rings. The minimum absolute atomic E-state index is 0.0695. The van der Waals surface area contributed by atoms with Crippen LogP contribution in [0.2, 0.25) is 0 Å².